The van der Waals surface area contributed by atoms with Crippen molar-refractivity contribution in [2.75, 3.05) is 6.61 Å². The van der Waals surface area contributed by atoms with Crippen LogP contribution in [0, 0.1) is 34.5 Å². The summed E-state index contributed by atoms with van der Waals surface area (Å²) in [6, 6.07) is 0. The quantitative estimate of drug-likeness (QED) is 0.580. The highest BCUT2D eigenvalue weighted by Crippen LogP contribution is 2.65. The van der Waals surface area contributed by atoms with Crippen molar-refractivity contribution in [3.63, 3.8) is 0 Å². The number of primary amides is 1. The highest BCUT2D eigenvalue weighted by Gasteiger charge is 2.59. The summed E-state index contributed by atoms with van der Waals surface area (Å²) in [5.41, 5.74) is 6.89. The number of rotatable bonds is 4. The Bertz CT molecular complexity index is 621. The lowest BCUT2D eigenvalue weighted by molar-refractivity contribution is -0.119. The van der Waals surface area contributed by atoms with E-state index in [9.17, 15) is 9.90 Å². The van der Waals surface area contributed by atoms with Gasteiger partial charge in [0.25, 0.3) is 0 Å². The van der Waals surface area contributed by atoms with Crippen molar-refractivity contribution in [3.8, 4) is 0 Å². The average Bonchev–Trinajstić information content (AvgIpc) is 2.94. The zero-order chi connectivity index (χ0) is 19.2. The van der Waals surface area contributed by atoms with Gasteiger partial charge >= 0.3 is 0 Å². The first kappa shape index (κ1) is 19.2. The predicted octanol–water partition coefficient (Wildman–Crippen LogP) is 3.64. The van der Waals surface area contributed by atoms with Gasteiger partial charge in [-0.2, -0.15) is 0 Å². The van der Waals surface area contributed by atoms with Gasteiger partial charge in [0.05, 0.1) is 18.2 Å². The number of carbonyl (C=O) groups is 1. The minimum Gasteiger partial charge on any atom is -0.395 e. The van der Waals surface area contributed by atoms with Crippen molar-refractivity contribution >= 4 is 11.6 Å². The number of hydrogen-bond donors (Lipinski definition) is 2. The molecule has 7 unspecified atom stereocenters. The highest BCUT2D eigenvalue weighted by molar-refractivity contribution is 5.85. The number of carbonyl (C=O) groups excluding carboxylic acids is 1. The Morgan fingerprint density at radius 2 is 1.93 bits per heavy atom. The summed E-state index contributed by atoms with van der Waals surface area (Å²) in [5, 5.41) is 14.9. The van der Waals surface area contributed by atoms with E-state index in [1.165, 1.54) is 38.5 Å². The number of nitrogens with two attached hydrogens (primary N) is 1. The van der Waals surface area contributed by atoms with Gasteiger partial charge in [-0.25, -0.2) is 0 Å². The topological polar surface area (TPSA) is 84.9 Å². The summed E-state index contributed by atoms with van der Waals surface area (Å²) in [4.78, 5) is 16.2. The standard InChI is InChI=1S/C22H36N2O3/c1-21-10-7-15(24-27-12-9-20(23)26)13-14(21)3-4-16-17-5-6-19(25)22(17,2)11-8-18(16)21/h14,16-19,25H,3-13H2,1-2H3,(H2,23,26). The Hall–Kier alpha value is -1.10. The molecule has 7 atom stereocenters. The molecule has 152 valence electrons. The Labute approximate surface area is 163 Å². The van der Waals surface area contributed by atoms with Crippen molar-refractivity contribution < 1.29 is 14.7 Å². The van der Waals surface area contributed by atoms with E-state index in [1.807, 2.05) is 0 Å². The van der Waals surface area contributed by atoms with Crippen LogP contribution in [0.2, 0.25) is 0 Å². The van der Waals surface area contributed by atoms with Gasteiger partial charge in [-0.1, -0.05) is 19.0 Å². The first-order chi connectivity index (χ1) is 12.8. The zero-order valence-electron chi connectivity index (χ0n) is 17.0. The molecule has 0 radical (unpaired) electrons. The van der Waals surface area contributed by atoms with Gasteiger partial charge in [-0.3, -0.25) is 4.79 Å². The van der Waals surface area contributed by atoms with E-state index in [4.69, 9.17) is 10.6 Å². The second kappa shape index (κ2) is 7.06. The lowest BCUT2D eigenvalue weighted by atomic mass is 9.45. The summed E-state index contributed by atoms with van der Waals surface area (Å²) >= 11 is 0. The van der Waals surface area contributed by atoms with Crippen LogP contribution in [0.15, 0.2) is 5.16 Å². The molecule has 0 aromatic rings. The molecule has 4 rings (SSSR count). The Morgan fingerprint density at radius 3 is 2.70 bits per heavy atom. The molecule has 5 heteroatoms. The molecule has 0 bridgehead atoms. The summed E-state index contributed by atoms with van der Waals surface area (Å²) in [5.74, 6) is 2.67. The van der Waals surface area contributed by atoms with E-state index in [1.54, 1.807) is 0 Å². The minimum atomic E-state index is -0.342. The monoisotopic (exact) mass is 376 g/mol. The van der Waals surface area contributed by atoms with E-state index in [-0.39, 0.29) is 30.5 Å². The molecule has 3 N–H and O–H groups in total. The molecule has 0 aromatic heterocycles. The molecule has 0 aliphatic heterocycles. The molecule has 0 spiro atoms. The van der Waals surface area contributed by atoms with Gasteiger partial charge in [-0.15, -0.1) is 0 Å². The van der Waals surface area contributed by atoms with E-state index in [2.05, 4.69) is 19.0 Å². The third kappa shape index (κ3) is 3.20. The van der Waals surface area contributed by atoms with Crippen molar-refractivity contribution in [2.24, 2.45) is 45.4 Å². The van der Waals surface area contributed by atoms with Crippen LogP contribution >= 0.6 is 0 Å². The van der Waals surface area contributed by atoms with Gasteiger partial charge in [-0.05, 0) is 92.3 Å². The predicted molar refractivity (Wildman–Crippen MR) is 105 cm³/mol. The second-order valence-electron chi connectivity index (χ2n) is 10.2. The third-order valence-corrected chi connectivity index (χ3v) is 9.08. The zero-order valence-corrected chi connectivity index (χ0v) is 17.0. The van der Waals surface area contributed by atoms with Crippen LogP contribution in [0.1, 0.15) is 78.1 Å². The van der Waals surface area contributed by atoms with Crippen LogP contribution in [0.3, 0.4) is 0 Å². The number of aliphatic hydroxyl groups excluding tert-OH is 1. The maximum Gasteiger partial charge on any atom is 0.220 e. The van der Waals surface area contributed by atoms with Crippen molar-refractivity contribution in [2.45, 2.75) is 84.2 Å². The van der Waals surface area contributed by atoms with Crippen LogP contribution in [-0.4, -0.2) is 29.4 Å². The summed E-state index contributed by atoms with van der Waals surface area (Å²) in [7, 11) is 0. The number of hydrogen-bond acceptors (Lipinski definition) is 4. The Balaban J connectivity index is 1.43. The summed E-state index contributed by atoms with van der Waals surface area (Å²) in [6.45, 7) is 5.18. The molecule has 4 aliphatic carbocycles. The molecule has 0 saturated heterocycles. The number of aliphatic hydroxyl groups is 1. The van der Waals surface area contributed by atoms with E-state index in [0.717, 1.165) is 42.7 Å². The fourth-order valence-electron chi connectivity index (χ4n) is 7.40. The number of amides is 1. The van der Waals surface area contributed by atoms with Crippen LogP contribution in [0.4, 0.5) is 0 Å². The average molecular weight is 377 g/mol. The fourth-order valence-corrected chi connectivity index (χ4v) is 7.40. The maximum absolute atomic E-state index is 10.8. The highest BCUT2D eigenvalue weighted by atomic mass is 16.6. The van der Waals surface area contributed by atoms with Gasteiger partial charge in [0.1, 0.15) is 6.61 Å². The molecular weight excluding hydrogens is 340 g/mol. The SMILES string of the molecule is CC12CCC3C(CCC4CC(=NOCCC(N)=O)CCC43C)C1CCC2O. The maximum atomic E-state index is 10.8. The first-order valence-electron chi connectivity index (χ1n) is 11.0. The number of oxime groups is 1. The lowest BCUT2D eigenvalue weighted by Gasteiger charge is -2.60. The number of fused-ring (bicyclic) bond motifs is 5. The molecule has 1 amide bonds. The molecule has 5 nitrogen and oxygen atoms in total. The summed E-state index contributed by atoms with van der Waals surface area (Å²) < 4.78 is 0. The Kier molecular flexibility index (Phi) is 5.02. The van der Waals surface area contributed by atoms with Crippen LogP contribution in [-0.2, 0) is 9.63 Å². The van der Waals surface area contributed by atoms with Gasteiger partial charge < -0.3 is 15.7 Å². The third-order valence-electron chi connectivity index (χ3n) is 9.08. The van der Waals surface area contributed by atoms with Gasteiger partial charge in [0, 0.05) is 0 Å². The fraction of sp³-hybridized carbons (Fsp3) is 0.909. The molecule has 0 heterocycles. The molecular formula is C22H36N2O3. The lowest BCUT2D eigenvalue weighted by Crippen LogP contribution is -2.54. The van der Waals surface area contributed by atoms with Crippen molar-refractivity contribution in [3.05, 3.63) is 0 Å². The normalized spacial score (nSPS) is 47.8. The second-order valence-corrected chi connectivity index (χ2v) is 10.2. The largest absolute Gasteiger partial charge is 0.395 e. The first-order valence-corrected chi connectivity index (χ1v) is 11.0. The minimum absolute atomic E-state index is 0.0865. The van der Waals surface area contributed by atoms with Crippen LogP contribution in [0.25, 0.3) is 0 Å². The summed E-state index contributed by atoms with van der Waals surface area (Å²) in [6.07, 6.45) is 10.7. The molecule has 27 heavy (non-hydrogen) atoms. The molecule has 4 saturated carbocycles. The number of nitrogens with zero attached hydrogens (tertiary/aromatic N) is 1. The van der Waals surface area contributed by atoms with Crippen LogP contribution in [0.5, 0.6) is 0 Å². The Morgan fingerprint density at radius 1 is 1.15 bits per heavy atom. The van der Waals surface area contributed by atoms with Gasteiger partial charge in [0.2, 0.25) is 5.91 Å². The van der Waals surface area contributed by atoms with Crippen molar-refractivity contribution in [1.29, 1.82) is 0 Å². The molecule has 0 aromatic carbocycles. The van der Waals surface area contributed by atoms with E-state index < -0.39 is 0 Å². The van der Waals surface area contributed by atoms with E-state index >= 15 is 0 Å². The molecule has 4 fully saturated rings. The smallest absolute Gasteiger partial charge is 0.220 e. The van der Waals surface area contributed by atoms with E-state index in [0.29, 0.717) is 11.3 Å². The van der Waals surface area contributed by atoms with Crippen LogP contribution < -0.4 is 5.73 Å². The van der Waals surface area contributed by atoms with Gasteiger partial charge in [0.15, 0.2) is 0 Å². The van der Waals surface area contributed by atoms with Crippen molar-refractivity contribution in [1.82, 2.24) is 0 Å². The molecule has 4 aliphatic rings.